The molecule has 0 amide bonds. The number of rotatable bonds is 10. The summed E-state index contributed by atoms with van der Waals surface area (Å²) in [5.74, 6) is 0.0167. The highest BCUT2D eigenvalue weighted by molar-refractivity contribution is 8.32. The molecule has 0 aromatic heterocycles. The molecule has 0 radical (unpaired) electrons. The third-order valence-electron chi connectivity index (χ3n) is 3.44. The van der Waals surface area contributed by atoms with Crippen LogP contribution in [0, 0.1) is 0 Å². The van der Waals surface area contributed by atoms with Crippen LogP contribution in [0.5, 0.6) is 0 Å². The van der Waals surface area contributed by atoms with E-state index in [1.54, 1.807) is 0 Å². The minimum Gasteiger partial charge on any atom is -0.480 e. The summed E-state index contributed by atoms with van der Waals surface area (Å²) in [5.41, 5.74) is 2.21. The molecule has 0 atom stereocenters. The molecule has 0 aliphatic heterocycles. The van der Waals surface area contributed by atoms with Crippen molar-refractivity contribution in [1.82, 2.24) is 0 Å². The largest absolute Gasteiger partial charge is 0.480 e. The van der Waals surface area contributed by atoms with Gasteiger partial charge in [0.15, 0.2) is 0 Å². The number of hydrogen-bond donors (Lipinski definition) is 1. The van der Waals surface area contributed by atoms with Crippen molar-refractivity contribution in [3.05, 3.63) is 24.3 Å². The summed E-state index contributed by atoms with van der Waals surface area (Å²) < 4.78 is 0. The first-order chi connectivity index (χ1) is 10.8. The molecule has 0 aliphatic carbocycles. The van der Waals surface area contributed by atoms with Crippen molar-refractivity contribution in [3.63, 3.8) is 0 Å². The van der Waals surface area contributed by atoms with Gasteiger partial charge in [0.25, 0.3) is 0 Å². The van der Waals surface area contributed by atoms with Gasteiger partial charge in [0.05, 0.1) is 0 Å². The average Bonchev–Trinajstić information content (AvgIpc) is 2.44. The average molecular weight is 341 g/mol. The fourth-order valence-electron chi connectivity index (χ4n) is 2.63. The molecule has 132 valence electrons. The van der Waals surface area contributed by atoms with Crippen molar-refractivity contribution in [2.45, 2.75) is 26.7 Å². The number of aliphatic carboxylic acids is 1. The van der Waals surface area contributed by atoms with E-state index in [1.165, 1.54) is 5.69 Å². The molecule has 0 bridgehead atoms. The van der Waals surface area contributed by atoms with E-state index in [0.717, 1.165) is 37.5 Å². The Bertz CT molecular complexity index is 477. The Morgan fingerprint density at radius 1 is 0.957 bits per heavy atom. The first-order valence-electron chi connectivity index (χ1n) is 8.24. The van der Waals surface area contributed by atoms with Crippen LogP contribution in [0.4, 0.5) is 11.4 Å². The lowest BCUT2D eigenvalue weighted by molar-refractivity contribution is -0.135. The Kier molecular flexibility index (Phi) is 7.76. The first kappa shape index (κ1) is 19.7. The van der Waals surface area contributed by atoms with Crippen molar-refractivity contribution in [3.8, 4) is 0 Å². The van der Waals surface area contributed by atoms with Gasteiger partial charge in [0.1, 0.15) is 6.54 Å². The predicted molar refractivity (Wildman–Crippen MR) is 104 cm³/mol. The second kappa shape index (κ2) is 9.06. The van der Waals surface area contributed by atoms with Crippen LogP contribution in [0.15, 0.2) is 24.3 Å². The molecule has 0 fully saturated rings. The summed E-state index contributed by atoms with van der Waals surface area (Å²) in [6, 6.07) is 8.35. The molecule has 0 heterocycles. The molecular weight excluding hydrogens is 308 g/mol. The molecule has 5 heteroatoms. The summed E-state index contributed by atoms with van der Waals surface area (Å²) >= 11 is 0. The smallest absolute Gasteiger partial charge is 0.323 e. The van der Waals surface area contributed by atoms with Gasteiger partial charge in [0, 0.05) is 30.3 Å². The molecule has 1 aromatic rings. The Balaban J connectivity index is 2.94. The zero-order valence-electron chi connectivity index (χ0n) is 15.2. The zero-order chi connectivity index (χ0) is 17.5. The van der Waals surface area contributed by atoms with Gasteiger partial charge in [-0.25, -0.2) is 10.0 Å². The van der Waals surface area contributed by atoms with E-state index < -0.39 is 16.0 Å². The van der Waals surface area contributed by atoms with Gasteiger partial charge < -0.3 is 14.9 Å². The van der Waals surface area contributed by atoms with E-state index in [0.29, 0.717) is 0 Å². The van der Waals surface area contributed by atoms with Gasteiger partial charge in [-0.15, -0.1) is 0 Å². The quantitative estimate of drug-likeness (QED) is 0.702. The lowest BCUT2D eigenvalue weighted by Gasteiger charge is -2.34. The standard InChI is InChI=1S/C18H32N2O2S/c1-6-12-19(13-7-2)16-8-10-17(11-9-16)20(14-18(21)22)15-23(3,4)5/h8-11H,6-7,12-15H2,1-5H3,(H,21,22). The van der Waals surface area contributed by atoms with Crippen LogP contribution in [-0.4, -0.2) is 55.4 Å². The van der Waals surface area contributed by atoms with Crippen molar-refractivity contribution in [2.24, 2.45) is 0 Å². The van der Waals surface area contributed by atoms with E-state index in [1.807, 2.05) is 4.90 Å². The molecule has 0 saturated carbocycles. The minimum absolute atomic E-state index is 0.0528. The number of nitrogens with zero attached hydrogens (tertiary/aromatic N) is 2. The third-order valence-corrected chi connectivity index (χ3v) is 4.52. The van der Waals surface area contributed by atoms with Gasteiger partial charge >= 0.3 is 5.97 Å². The number of benzene rings is 1. The highest BCUT2D eigenvalue weighted by Crippen LogP contribution is 2.37. The first-order valence-corrected chi connectivity index (χ1v) is 11.3. The van der Waals surface area contributed by atoms with Crippen LogP contribution in [-0.2, 0) is 4.79 Å². The summed E-state index contributed by atoms with van der Waals surface area (Å²) in [4.78, 5) is 15.5. The van der Waals surface area contributed by atoms with Gasteiger partial charge in [-0.2, -0.15) is 0 Å². The summed E-state index contributed by atoms with van der Waals surface area (Å²) in [7, 11) is -0.809. The number of carbonyl (C=O) groups is 1. The van der Waals surface area contributed by atoms with Crippen molar-refractivity contribution in [2.75, 3.05) is 54.1 Å². The molecule has 1 rings (SSSR count). The lowest BCUT2D eigenvalue weighted by atomic mass is 10.2. The van der Waals surface area contributed by atoms with Gasteiger partial charge in [-0.1, -0.05) is 13.8 Å². The van der Waals surface area contributed by atoms with Gasteiger partial charge in [0.2, 0.25) is 0 Å². The molecule has 0 saturated heterocycles. The Morgan fingerprint density at radius 2 is 1.39 bits per heavy atom. The van der Waals surface area contributed by atoms with Gasteiger partial charge in [-0.3, -0.25) is 4.79 Å². The SMILES string of the molecule is CCCN(CCC)c1ccc(N(CC(=O)O)CS(C)(C)C)cc1. The monoisotopic (exact) mass is 340 g/mol. The Hall–Kier alpha value is -1.36. The Morgan fingerprint density at radius 3 is 1.74 bits per heavy atom. The van der Waals surface area contributed by atoms with E-state index >= 15 is 0 Å². The van der Waals surface area contributed by atoms with Crippen LogP contribution in [0.2, 0.25) is 0 Å². The van der Waals surface area contributed by atoms with Crippen LogP contribution < -0.4 is 9.80 Å². The molecule has 0 spiro atoms. The fourth-order valence-corrected chi connectivity index (χ4v) is 3.80. The summed E-state index contributed by atoms with van der Waals surface area (Å²) in [6.07, 6.45) is 8.88. The molecule has 0 unspecified atom stereocenters. The van der Waals surface area contributed by atoms with Crippen molar-refractivity contribution < 1.29 is 9.90 Å². The molecule has 0 aliphatic rings. The van der Waals surface area contributed by atoms with Crippen molar-refractivity contribution >= 4 is 27.4 Å². The van der Waals surface area contributed by atoms with Crippen LogP contribution in [0.25, 0.3) is 0 Å². The minimum atomic E-state index is -0.809. The molecule has 4 nitrogen and oxygen atoms in total. The molecule has 1 aromatic carbocycles. The number of carboxylic acids is 1. The summed E-state index contributed by atoms with van der Waals surface area (Å²) in [5, 5.41) is 9.18. The molecule has 23 heavy (non-hydrogen) atoms. The number of anilines is 2. The van der Waals surface area contributed by atoms with Crippen molar-refractivity contribution in [1.29, 1.82) is 0 Å². The van der Waals surface area contributed by atoms with Crippen LogP contribution >= 0.6 is 10.0 Å². The van der Waals surface area contributed by atoms with E-state index in [9.17, 15) is 9.90 Å². The summed E-state index contributed by atoms with van der Waals surface area (Å²) in [6.45, 7) is 6.54. The fraction of sp³-hybridized carbons (Fsp3) is 0.611. The maximum Gasteiger partial charge on any atom is 0.323 e. The van der Waals surface area contributed by atoms with Gasteiger partial charge in [-0.05, 0) is 55.9 Å². The second-order valence-electron chi connectivity index (χ2n) is 6.82. The topological polar surface area (TPSA) is 43.8 Å². The number of carboxylic acid groups (broad SMARTS) is 1. The maximum absolute atomic E-state index is 11.2. The normalized spacial score (nSPS) is 12.0. The number of hydrogen-bond acceptors (Lipinski definition) is 3. The highest BCUT2D eigenvalue weighted by atomic mass is 32.3. The third kappa shape index (κ3) is 7.16. The maximum atomic E-state index is 11.2. The van der Waals surface area contributed by atoms with Crippen LogP contribution in [0.1, 0.15) is 26.7 Å². The van der Waals surface area contributed by atoms with E-state index in [4.69, 9.17) is 0 Å². The second-order valence-corrected chi connectivity index (χ2v) is 11.3. The molecule has 1 N–H and O–H groups in total. The highest BCUT2D eigenvalue weighted by Gasteiger charge is 2.16. The zero-order valence-corrected chi connectivity index (χ0v) is 16.0. The molecular formula is C18H32N2O2S. The van der Waals surface area contributed by atoms with E-state index in [-0.39, 0.29) is 6.54 Å². The lowest BCUT2D eigenvalue weighted by Crippen LogP contribution is -2.32. The van der Waals surface area contributed by atoms with E-state index in [2.05, 4.69) is 61.8 Å². The predicted octanol–water partition coefficient (Wildman–Crippen LogP) is 3.86. The Labute approximate surface area is 142 Å². The van der Waals surface area contributed by atoms with Crippen LogP contribution in [0.3, 0.4) is 0 Å².